The maximum absolute atomic E-state index is 13.5. The molecule has 0 aliphatic carbocycles. The lowest BCUT2D eigenvalue weighted by Crippen LogP contribution is -2.32. The Bertz CT molecular complexity index is 1710. The molecule has 0 spiro atoms. The van der Waals surface area contributed by atoms with E-state index < -0.39 is 18.1 Å². The molecule has 0 saturated carbocycles. The van der Waals surface area contributed by atoms with E-state index in [1.807, 2.05) is 6.07 Å². The molecule has 4 aromatic rings. The van der Waals surface area contributed by atoms with Crippen molar-refractivity contribution in [2.24, 2.45) is 0 Å². The average molecular weight is 550 g/mol. The Kier molecular flexibility index (Phi) is 8.38. The maximum Gasteiger partial charge on any atom is 0.387 e. The molecule has 1 heterocycles. The highest BCUT2D eigenvalue weighted by atomic mass is 32.1. The molecule has 0 unspecified atom stereocenters. The van der Waals surface area contributed by atoms with Gasteiger partial charge in [0.15, 0.2) is 17.1 Å². The van der Waals surface area contributed by atoms with Crippen molar-refractivity contribution >= 4 is 34.6 Å². The van der Waals surface area contributed by atoms with Crippen LogP contribution in [0.15, 0.2) is 77.6 Å². The van der Waals surface area contributed by atoms with Crippen LogP contribution in [0.5, 0.6) is 17.2 Å². The first kappa shape index (κ1) is 27.1. The number of anilines is 1. The zero-order valence-electron chi connectivity index (χ0n) is 20.7. The summed E-state index contributed by atoms with van der Waals surface area (Å²) in [4.78, 5) is 26.7. The molecule has 0 radical (unpaired) electrons. The number of nitrogens with zero attached hydrogens (tertiary/aromatic N) is 2. The molecular formula is C28H21F2N3O5S. The summed E-state index contributed by atoms with van der Waals surface area (Å²) in [6, 6.07) is 21.0. The van der Waals surface area contributed by atoms with Crippen LogP contribution in [0.2, 0.25) is 0 Å². The lowest BCUT2D eigenvalue weighted by Gasteiger charge is -2.10. The van der Waals surface area contributed by atoms with E-state index in [-0.39, 0.29) is 20.5 Å². The number of thiazole rings is 1. The van der Waals surface area contributed by atoms with Gasteiger partial charge in [-0.1, -0.05) is 30.3 Å². The lowest BCUT2D eigenvalue weighted by atomic mass is 10.2. The van der Waals surface area contributed by atoms with Gasteiger partial charge in [-0.05, 0) is 48.0 Å². The molecule has 0 fully saturated rings. The molecule has 0 atom stereocenters. The number of ether oxygens (including phenoxy) is 3. The van der Waals surface area contributed by atoms with E-state index in [4.69, 9.17) is 9.47 Å². The molecule has 198 valence electrons. The third-order valence-electron chi connectivity index (χ3n) is 5.44. The summed E-state index contributed by atoms with van der Waals surface area (Å²) in [5.41, 5.74) is 0.612. The van der Waals surface area contributed by atoms with Gasteiger partial charge in [0, 0.05) is 11.8 Å². The van der Waals surface area contributed by atoms with Crippen molar-refractivity contribution in [1.82, 2.24) is 4.57 Å². The van der Waals surface area contributed by atoms with Gasteiger partial charge in [-0.3, -0.25) is 14.2 Å². The number of alkyl halides is 2. The highest BCUT2D eigenvalue weighted by molar-refractivity contribution is 7.07. The van der Waals surface area contributed by atoms with E-state index in [0.29, 0.717) is 28.4 Å². The number of rotatable bonds is 8. The van der Waals surface area contributed by atoms with Gasteiger partial charge in [0.1, 0.15) is 16.5 Å². The minimum Gasteiger partial charge on any atom is -0.493 e. The summed E-state index contributed by atoms with van der Waals surface area (Å²) < 4.78 is 41.4. The summed E-state index contributed by atoms with van der Waals surface area (Å²) in [6.45, 7) is -2.96. The average Bonchev–Trinajstić information content (AvgIpc) is 3.25. The van der Waals surface area contributed by atoms with Gasteiger partial charge in [-0.25, -0.2) is 0 Å². The summed E-state index contributed by atoms with van der Waals surface area (Å²) >= 11 is 0.955. The monoisotopic (exact) mass is 549 g/mol. The molecule has 8 nitrogen and oxygen atoms in total. The van der Waals surface area contributed by atoms with E-state index in [0.717, 1.165) is 11.3 Å². The first-order chi connectivity index (χ1) is 18.8. The molecule has 1 aromatic heterocycles. The highest BCUT2D eigenvalue weighted by Crippen LogP contribution is 2.29. The zero-order valence-corrected chi connectivity index (χ0v) is 21.5. The van der Waals surface area contributed by atoms with Gasteiger partial charge in [0.05, 0.1) is 24.4 Å². The Balaban J connectivity index is 1.84. The largest absolute Gasteiger partial charge is 0.493 e. The van der Waals surface area contributed by atoms with E-state index in [1.54, 1.807) is 54.6 Å². The van der Waals surface area contributed by atoms with Crippen molar-refractivity contribution in [1.29, 1.82) is 5.26 Å². The van der Waals surface area contributed by atoms with Gasteiger partial charge in [0.25, 0.3) is 11.5 Å². The number of carbonyl (C=O) groups excluding carboxylic acids is 1. The second-order valence-corrected chi connectivity index (χ2v) is 8.88. The third-order valence-corrected chi connectivity index (χ3v) is 6.53. The van der Waals surface area contributed by atoms with Crippen LogP contribution < -0.4 is 34.3 Å². The lowest BCUT2D eigenvalue weighted by molar-refractivity contribution is -0.111. The number of para-hydroxylation sites is 1. The number of nitriles is 1. The molecule has 0 bridgehead atoms. The second kappa shape index (κ2) is 12.1. The molecule has 39 heavy (non-hydrogen) atoms. The van der Waals surface area contributed by atoms with E-state index in [1.165, 1.54) is 43.1 Å². The van der Waals surface area contributed by atoms with Crippen molar-refractivity contribution in [3.8, 4) is 29.0 Å². The zero-order chi connectivity index (χ0) is 27.9. The van der Waals surface area contributed by atoms with Crippen LogP contribution in [0.3, 0.4) is 0 Å². The summed E-state index contributed by atoms with van der Waals surface area (Å²) in [7, 11) is 2.94. The normalized spacial score (nSPS) is 12.1. The Labute approximate surface area is 225 Å². The van der Waals surface area contributed by atoms with Crippen molar-refractivity contribution in [2.45, 2.75) is 6.61 Å². The number of methoxy groups -OCH3 is 2. The van der Waals surface area contributed by atoms with Crippen LogP contribution in [-0.2, 0) is 4.79 Å². The number of hydrogen-bond donors (Lipinski definition) is 1. The molecule has 3 aromatic carbocycles. The molecule has 0 aliphatic rings. The molecule has 0 saturated heterocycles. The van der Waals surface area contributed by atoms with Crippen molar-refractivity contribution in [3.05, 3.63) is 97.9 Å². The number of halogens is 2. The Hall–Kier alpha value is -4.95. The number of nitrogens with one attached hydrogen (secondary N) is 1. The van der Waals surface area contributed by atoms with Crippen LogP contribution in [0.25, 0.3) is 17.3 Å². The van der Waals surface area contributed by atoms with Crippen molar-refractivity contribution in [2.75, 3.05) is 19.5 Å². The summed E-state index contributed by atoms with van der Waals surface area (Å²) in [5.74, 6) is 0.0940. The van der Waals surface area contributed by atoms with Crippen LogP contribution in [-0.4, -0.2) is 31.3 Å². The van der Waals surface area contributed by atoms with E-state index in [2.05, 4.69) is 10.1 Å². The van der Waals surface area contributed by atoms with Crippen LogP contribution in [0, 0.1) is 11.3 Å². The summed E-state index contributed by atoms with van der Waals surface area (Å²) in [6.07, 6.45) is 1.54. The predicted octanol–water partition coefficient (Wildman–Crippen LogP) is 3.66. The van der Waals surface area contributed by atoms with Crippen molar-refractivity contribution < 1.29 is 27.8 Å². The van der Waals surface area contributed by atoms with Crippen LogP contribution >= 0.6 is 11.3 Å². The van der Waals surface area contributed by atoms with Crippen molar-refractivity contribution in [3.63, 3.8) is 0 Å². The van der Waals surface area contributed by atoms with E-state index in [9.17, 15) is 23.6 Å². The standard InChI is InChI=1S/C28H21F2N3O5S/c1-36-22-13-10-18(15-23(22)37-2)32-25(34)21(16-31)27-33(19-6-4-3-5-7-19)26(35)24(39-27)14-17-8-11-20(12-9-17)38-28(29)30/h3-15,28H,1-2H3,(H,32,34)/b24-14-,27-21+. The molecule has 1 N–H and O–H groups in total. The Morgan fingerprint density at radius 3 is 2.33 bits per heavy atom. The van der Waals surface area contributed by atoms with Gasteiger partial charge in [-0.2, -0.15) is 14.0 Å². The molecule has 4 rings (SSSR count). The fraction of sp³-hybridized carbons (Fsp3) is 0.107. The molecule has 0 aliphatic heterocycles. The fourth-order valence-corrected chi connectivity index (χ4v) is 4.76. The third kappa shape index (κ3) is 6.14. The molecular weight excluding hydrogens is 528 g/mol. The van der Waals surface area contributed by atoms with Gasteiger partial charge in [0.2, 0.25) is 0 Å². The minimum absolute atomic E-state index is 0.0253. The fourth-order valence-electron chi connectivity index (χ4n) is 3.66. The maximum atomic E-state index is 13.5. The first-order valence-corrected chi connectivity index (χ1v) is 12.2. The predicted molar refractivity (Wildman–Crippen MR) is 143 cm³/mol. The number of aromatic nitrogens is 1. The first-order valence-electron chi connectivity index (χ1n) is 11.4. The smallest absolute Gasteiger partial charge is 0.387 e. The quantitative estimate of drug-likeness (QED) is 0.360. The SMILES string of the molecule is COc1ccc(NC(=O)/C(C#N)=c2/s/c(=C\c3ccc(OC(F)F)cc3)c(=O)n2-c2ccccc2)cc1OC. The number of benzene rings is 3. The molecule has 11 heteroatoms. The topological polar surface area (TPSA) is 103 Å². The van der Waals surface area contributed by atoms with Gasteiger partial charge < -0.3 is 19.5 Å². The van der Waals surface area contributed by atoms with Gasteiger partial charge in [-0.15, -0.1) is 11.3 Å². The van der Waals surface area contributed by atoms with Crippen LogP contribution in [0.4, 0.5) is 14.5 Å². The summed E-state index contributed by atoms with van der Waals surface area (Å²) in [5, 5.41) is 12.7. The highest BCUT2D eigenvalue weighted by Gasteiger charge is 2.18. The Morgan fingerprint density at radius 2 is 1.72 bits per heavy atom. The van der Waals surface area contributed by atoms with Crippen LogP contribution in [0.1, 0.15) is 5.56 Å². The van der Waals surface area contributed by atoms with Gasteiger partial charge >= 0.3 is 6.61 Å². The molecule has 1 amide bonds. The number of hydrogen-bond acceptors (Lipinski definition) is 7. The Morgan fingerprint density at radius 1 is 1.03 bits per heavy atom. The number of carbonyl (C=O) groups is 1. The van der Waals surface area contributed by atoms with E-state index >= 15 is 0 Å². The second-order valence-electron chi connectivity index (χ2n) is 7.85. The number of amides is 1. The minimum atomic E-state index is -2.96.